The molecule has 0 radical (unpaired) electrons. The zero-order valence-corrected chi connectivity index (χ0v) is 14.5. The SMILES string of the molecule is CC(C)(O)CNc1c(N)cnc2ccc(OCc3ccccc3)cc12. The molecule has 0 aliphatic carbocycles. The molecule has 0 aliphatic heterocycles. The fourth-order valence-corrected chi connectivity index (χ4v) is 2.52. The molecule has 3 rings (SSSR count). The Balaban J connectivity index is 1.87. The second kappa shape index (κ2) is 6.99. The smallest absolute Gasteiger partial charge is 0.120 e. The number of nitrogen functional groups attached to an aromatic ring is 1. The Morgan fingerprint density at radius 2 is 1.92 bits per heavy atom. The van der Waals surface area contributed by atoms with E-state index in [9.17, 15) is 5.11 Å². The van der Waals surface area contributed by atoms with E-state index in [1.165, 1.54) is 0 Å². The number of fused-ring (bicyclic) bond motifs is 1. The number of nitrogens with one attached hydrogen (secondary N) is 1. The van der Waals surface area contributed by atoms with Gasteiger partial charge in [0.2, 0.25) is 0 Å². The number of aromatic nitrogens is 1. The minimum Gasteiger partial charge on any atom is -0.489 e. The van der Waals surface area contributed by atoms with Crippen molar-refractivity contribution in [3.8, 4) is 5.75 Å². The highest BCUT2D eigenvalue weighted by Crippen LogP contribution is 2.31. The molecule has 0 bridgehead atoms. The zero-order chi connectivity index (χ0) is 17.9. The number of pyridine rings is 1. The summed E-state index contributed by atoms with van der Waals surface area (Å²) in [6.07, 6.45) is 1.62. The maximum atomic E-state index is 9.96. The lowest BCUT2D eigenvalue weighted by molar-refractivity contribution is 0.0946. The summed E-state index contributed by atoms with van der Waals surface area (Å²) < 4.78 is 5.89. The standard InChI is InChI=1S/C20H23N3O2/c1-20(2,24)13-23-19-16-10-15(8-9-18(16)22-11-17(19)21)25-12-14-6-4-3-5-7-14/h3-11,24H,12-13,21H2,1-2H3,(H,22,23). The van der Waals surface area contributed by atoms with E-state index in [0.29, 0.717) is 18.8 Å². The molecule has 0 spiro atoms. The number of nitrogens with zero attached hydrogens (tertiary/aromatic N) is 1. The highest BCUT2D eigenvalue weighted by atomic mass is 16.5. The fourth-order valence-electron chi connectivity index (χ4n) is 2.52. The van der Waals surface area contributed by atoms with Crippen molar-refractivity contribution >= 4 is 22.3 Å². The van der Waals surface area contributed by atoms with Crippen LogP contribution in [-0.2, 0) is 6.61 Å². The van der Waals surface area contributed by atoms with Crippen molar-refractivity contribution in [2.75, 3.05) is 17.6 Å². The lowest BCUT2D eigenvalue weighted by Gasteiger charge is -2.20. The van der Waals surface area contributed by atoms with Crippen molar-refractivity contribution in [3.05, 3.63) is 60.3 Å². The van der Waals surface area contributed by atoms with E-state index in [-0.39, 0.29) is 0 Å². The summed E-state index contributed by atoms with van der Waals surface area (Å²) in [7, 11) is 0. The molecule has 2 aromatic carbocycles. The molecule has 4 N–H and O–H groups in total. The second-order valence-corrected chi connectivity index (χ2v) is 6.71. The first-order chi connectivity index (χ1) is 11.9. The second-order valence-electron chi connectivity index (χ2n) is 6.71. The number of ether oxygens (including phenoxy) is 1. The Morgan fingerprint density at radius 1 is 1.16 bits per heavy atom. The van der Waals surface area contributed by atoms with Crippen molar-refractivity contribution in [1.29, 1.82) is 0 Å². The van der Waals surface area contributed by atoms with Gasteiger partial charge in [0.05, 0.1) is 28.7 Å². The van der Waals surface area contributed by atoms with Crippen LogP contribution >= 0.6 is 0 Å². The van der Waals surface area contributed by atoms with Crippen LogP contribution in [0.3, 0.4) is 0 Å². The monoisotopic (exact) mass is 337 g/mol. The Labute approximate surface area is 147 Å². The molecular weight excluding hydrogens is 314 g/mol. The van der Waals surface area contributed by atoms with Gasteiger partial charge in [-0.1, -0.05) is 30.3 Å². The Hall–Kier alpha value is -2.79. The number of rotatable bonds is 6. The minimum absolute atomic E-state index is 0.380. The van der Waals surface area contributed by atoms with E-state index in [4.69, 9.17) is 10.5 Å². The zero-order valence-electron chi connectivity index (χ0n) is 14.5. The van der Waals surface area contributed by atoms with Gasteiger partial charge in [0.1, 0.15) is 12.4 Å². The van der Waals surface area contributed by atoms with Gasteiger partial charge >= 0.3 is 0 Å². The predicted molar refractivity (Wildman–Crippen MR) is 102 cm³/mol. The highest BCUT2D eigenvalue weighted by molar-refractivity contribution is 5.97. The summed E-state index contributed by atoms with van der Waals surface area (Å²) in [5.41, 5.74) is 8.46. The fraction of sp³-hybridized carbons (Fsp3) is 0.250. The van der Waals surface area contributed by atoms with Crippen LogP contribution in [-0.4, -0.2) is 22.2 Å². The Morgan fingerprint density at radius 3 is 2.64 bits per heavy atom. The lowest BCUT2D eigenvalue weighted by atomic mass is 10.1. The Bertz CT molecular complexity index is 858. The van der Waals surface area contributed by atoms with E-state index < -0.39 is 5.60 Å². The number of anilines is 2. The maximum Gasteiger partial charge on any atom is 0.120 e. The van der Waals surface area contributed by atoms with Gasteiger partial charge in [-0.25, -0.2) is 0 Å². The van der Waals surface area contributed by atoms with Crippen LogP contribution in [0.1, 0.15) is 19.4 Å². The topological polar surface area (TPSA) is 80.4 Å². The summed E-state index contributed by atoms with van der Waals surface area (Å²) in [5.74, 6) is 0.745. The molecule has 0 fully saturated rings. The number of benzene rings is 2. The molecule has 5 nitrogen and oxygen atoms in total. The third kappa shape index (κ3) is 4.39. The summed E-state index contributed by atoms with van der Waals surface area (Å²) in [6.45, 7) is 4.36. The molecule has 0 amide bonds. The van der Waals surface area contributed by atoms with E-state index in [2.05, 4.69) is 10.3 Å². The first-order valence-electron chi connectivity index (χ1n) is 8.23. The van der Waals surface area contributed by atoms with Crippen LogP contribution in [0.4, 0.5) is 11.4 Å². The third-order valence-electron chi connectivity index (χ3n) is 3.81. The molecule has 1 heterocycles. The minimum atomic E-state index is -0.844. The van der Waals surface area contributed by atoms with Crippen molar-refractivity contribution in [2.45, 2.75) is 26.1 Å². The van der Waals surface area contributed by atoms with Gasteiger partial charge in [-0.15, -0.1) is 0 Å². The summed E-state index contributed by atoms with van der Waals surface area (Å²) in [6, 6.07) is 15.7. The van der Waals surface area contributed by atoms with E-state index in [1.54, 1.807) is 20.0 Å². The molecule has 5 heteroatoms. The normalized spacial score (nSPS) is 11.5. The van der Waals surface area contributed by atoms with Gasteiger partial charge in [-0.2, -0.15) is 0 Å². The van der Waals surface area contributed by atoms with Gasteiger partial charge in [-0.3, -0.25) is 4.98 Å². The van der Waals surface area contributed by atoms with Gasteiger partial charge in [0, 0.05) is 11.9 Å². The molecule has 0 atom stereocenters. The highest BCUT2D eigenvalue weighted by Gasteiger charge is 2.15. The van der Waals surface area contributed by atoms with Crippen LogP contribution in [0.2, 0.25) is 0 Å². The van der Waals surface area contributed by atoms with Crippen molar-refractivity contribution in [2.24, 2.45) is 0 Å². The quantitative estimate of drug-likeness (QED) is 0.640. The summed E-state index contributed by atoms with van der Waals surface area (Å²) in [4.78, 5) is 4.36. The molecule has 130 valence electrons. The number of aliphatic hydroxyl groups is 1. The molecule has 3 aromatic rings. The summed E-state index contributed by atoms with van der Waals surface area (Å²) in [5, 5.41) is 14.1. The molecule has 0 aliphatic rings. The van der Waals surface area contributed by atoms with Gasteiger partial charge in [0.15, 0.2) is 0 Å². The van der Waals surface area contributed by atoms with Crippen LogP contribution in [0.25, 0.3) is 10.9 Å². The van der Waals surface area contributed by atoms with E-state index in [0.717, 1.165) is 27.9 Å². The average Bonchev–Trinajstić information content (AvgIpc) is 2.59. The lowest BCUT2D eigenvalue weighted by Crippen LogP contribution is -2.29. The van der Waals surface area contributed by atoms with Gasteiger partial charge < -0.3 is 20.9 Å². The number of hydrogen-bond donors (Lipinski definition) is 3. The van der Waals surface area contributed by atoms with Crippen molar-refractivity contribution < 1.29 is 9.84 Å². The first kappa shape index (κ1) is 17.0. The van der Waals surface area contributed by atoms with Gasteiger partial charge in [0.25, 0.3) is 0 Å². The predicted octanol–water partition coefficient (Wildman–Crippen LogP) is 3.58. The largest absolute Gasteiger partial charge is 0.489 e. The number of nitrogens with two attached hydrogens (primary N) is 1. The summed E-state index contributed by atoms with van der Waals surface area (Å²) >= 11 is 0. The van der Waals surface area contributed by atoms with E-state index in [1.807, 2.05) is 48.5 Å². The molecular formula is C20H23N3O2. The van der Waals surface area contributed by atoms with Crippen molar-refractivity contribution in [1.82, 2.24) is 4.98 Å². The molecule has 0 unspecified atom stereocenters. The molecule has 0 saturated heterocycles. The van der Waals surface area contributed by atoms with Crippen LogP contribution in [0, 0.1) is 0 Å². The van der Waals surface area contributed by atoms with Crippen LogP contribution in [0.5, 0.6) is 5.75 Å². The third-order valence-corrected chi connectivity index (χ3v) is 3.81. The van der Waals surface area contributed by atoms with Gasteiger partial charge in [-0.05, 0) is 37.6 Å². The first-order valence-corrected chi connectivity index (χ1v) is 8.23. The van der Waals surface area contributed by atoms with E-state index >= 15 is 0 Å². The number of hydrogen-bond acceptors (Lipinski definition) is 5. The molecule has 25 heavy (non-hydrogen) atoms. The van der Waals surface area contributed by atoms with Crippen LogP contribution < -0.4 is 15.8 Å². The Kier molecular flexibility index (Phi) is 4.76. The maximum absolute atomic E-state index is 9.96. The van der Waals surface area contributed by atoms with Crippen LogP contribution in [0.15, 0.2) is 54.7 Å². The molecule has 0 saturated carbocycles. The molecule has 1 aromatic heterocycles. The van der Waals surface area contributed by atoms with Crippen molar-refractivity contribution in [3.63, 3.8) is 0 Å². The average molecular weight is 337 g/mol.